The quantitative estimate of drug-likeness (QED) is 0.899. The number of aryl methyl sites for hydroxylation is 1. The molecular weight excluding hydrogens is 348 g/mol. The number of nitrogens with zero attached hydrogens (tertiary/aromatic N) is 1. The second-order valence-corrected chi connectivity index (χ2v) is 7.74. The minimum atomic E-state index is -0.164. The van der Waals surface area contributed by atoms with E-state index >= 15 is 0 Å². The second kappa shape index (κ2) is 7.11. The Morgan fingerprint density at radius 2 is 2.15 bits per heavy atom. The molecule has 4 rings (SSSR count). The molecule has 1 aromatic carbocycles. The van der Waals surface area contributed by atoms with Crippen molar-refractivity contribution in [3.8, 4) is 5.75 Å². The molecule has 1 aromatic heterocycles. The third kappa shape index (κ3) is 3.21. The first-order valence-corrected chi connectivity index (χ1v) is 9.88. The van der Waals surface area contributed by atoms with Gasteiger partial charge in [-0.3, -0.25) is 9.59 Å². The Balaban J connectivity index is 1.45. The molecule has 0 bridgehead atoms. The van der Waals surface area contributed by atoms with Crippen molar-refractivity contribution in [2.75, 3.05) is 18.6 Å². The van der Waals surface area contributed by atoms with Crippen LogP contribution in [-0.4, -0.2) is 31.5 Å². The molecule has 6 heteroatoms. The number of carbonyl (C=O) groups is 2. The van der Waals surface area contributed by atoms with Crippen LogP contribution in [0.4, 0.5) is 5.69 Å². The number of benzene rings is 1. The van der Waals surface area contributed by atoms with Gasteiger partial charge in [0, 0.05) is 24.7 Å². The summed E-state index contributed by atoms with van der Waals surface area (Å²) in [5.41, 5.74) is 3.35. The maximum absolute atomic E-state index is 12.7. The van der Waals surface area contributed by atoms with E-state index in [2.05, 4.69) is 10.7 Å². The van der Waals surface area contributed by atoms with Crippen molar-refractivity contribution in [2.24, 2.45) is 0 Å². The summed E-state index contributed by atoms with van der Waals surface area (Å²) in [6, 6.07) is 7.29. The molecule has 26 heavy (non-hydrogen) atoms. The van der Waals surface area contributed by atoms with E-state index in [-0.39, 0.29) is 17.9 Å². The summed E-state index contributed by atoms with van der Waals surface area (Å²) < 4.78 is 5.24. The number of amides is 2. The first kappa shape index (κ1) is 17.1. The molecule has 2 amide bonds. The van der Waals surface area contributed by atoms with Gasteiger partial charge in [-0.05, 0) is 54.3 Å². The fraction of sp³-hybridized carbons (Fsp3) is 0.400. The fourth-order valence-corrected chi connectivity index (χ4v) is 4.85. The Bertz CT molecular complexity index is 845. The molecule has 2 heterocycles. The molecule has 5 nitrogen and oxygen atoms in total. The molecular formula is C20H22N2O3S. The van der Waals surface area contributed by atoms with Crippen molar-refractivity contribution in [1.82, 2.24) is 5.32 Å². The normalized spacial score (nSPS) is 19.3. The number of rotatable bonds is 4. The van der Waals surface area contributed by atoms with Gasteiger partial charge in [0.1, 0.15) is 5.75 Å². The monoisotopic (exact) mass is 370 g/mol. The van der Waals surface area contributed by atoms with Gasteiger partial charge in [-0.1, -0.05) is 6.07 Å². The highest BCUT2D eigenvalue weighted by Crippen LogP contribution is 2.30. The van der Waals surface area contributed by atoms with Crippen molar-refractivity contribution in [3.05, 3.63) is 45.6 Å². The van der Waals surface area contributed by atoms with Crippen LogP contribution in [0.15, 0.2) is 29.6 Å². The number of thiophene rings is 1. The lowest BCUT2D eigenvalue weighted by Gasteiger charge is -2.18. The zero-order chi connectivity index (χ0) is 18.1. The van der Waals surface area contributed by atoms with Gasteiger partial charge in [0.2, 0.25) is 5.91 Å². The molecule has 1 N–H and O–H groups in total. The lowest BCUT2D eigenvalue weighted by Crippen LogP contribution is -2.37. The molecule has 1 atom stereocenters. The molecule has 136 valence electrons. The minimum absolute atomic E-state index is 0.0248. The third-order valence-electron chi connectivity index (χ3n) is 5.14. The molecule has 0 spiro atoms. The highest BCUT2D eigenvalue weighted by molar-refractivity contribution is 7.12. The number of ether oxygens (including phenoxy) is 1. The summed E-state index contributed by atoms with van der Waals surface area (Å²) in [5.74, 6) is 0.702. The Labute approximate surface area is 157 Å². The molecule has 2 aliphatic rings. The summed E-state index contributed by atoms with van der Waals surface area (Å²) in [5, 5.41) is 5.18. The number of carbonyl (C=O) groups excluding carboxylic acids is 2. The average molecular weight is 370 g/mol. The van der Waals surface area contributed by atoms with Crippen molar-refractivity contribution < 1.29 is 14.3 Å². The van der Waals surface area contributed by atoms with Crippen LogP contribution in [0.25, 0.3) is 0 Å². The predicted molar refractivity (Wildman–Crippen MR) is 102 cm³/mol. The molecule has 0 saturated carbocycles. The Morgan fingerprint density at radius 3 is 3.00 bits per heavy atom. The van der Waals surface area contributed by atoms with Crippen molar-refractivity contribution in [1.29, 1.82) is 0 Å². The number of nitrogens with one attached hydrogen (secondary N) is 1. The maximum Gasteiger partial charge on any atom is 0.261 e. The second-order valence-electron chi connectivity index (χ2n) is 6.86. The van der Waals surface area contributed by atoms with Gasteiger partial charge >= 0.3 is 0 Å². The molecule has 1 saturated heterocycles. The summed E-state index contributed by atoms with van der Waals surface area (Å²) in [6.07, 6.45) is 4.75. The van der Waals surface area contributed by atoms with E-state index in [1.165, 1.54) is 28.9 Å². The van der Waals surface area contributed by atoms with Gasteiger partial charge in [0.05, 0.1) is 18.0 Å². The zero-order valence-corrected chi connectivity index (χ0v) is 15.6. The van der Waals surface area contributed by atoms with Gasteiger partial charge in [-0.25, -0.2) is 0 Å². The lowest BCUT2D eigenvalue weighted by molar-refractivity contribution is -0.117. The highest BCUT2D eigenvalue weighted by Gasteiger charge is 2.32. The number of methoxy groups -OCH3 is 1. The van der Waals surface area contributed by atoms with Crippen LogP contribution < -0.4 is 15.0 Å². The van der Waals surface area contributed by atoms with Gasteiger partial charge < -0.3 is 15.0 Å². The molecule has 1 aliphatic carbocycles. The number of hydrogen-bond acceptors (Lipinski definition) is 4. The van der Waals surface area contributed by atoms with Gasteiger partial charge in [-0.15, -0.1) is 11.3 Å². The van der Waals surface area contributed by atoms with Crippen molar-refractivity contribution >= 4 is 28.8 Å². The first-order valence-electron chi connectivity index (χ1n) is 9.00. The molecule has 1 unspecified atom stereocenters. The van der Waals surface area contributed by atoms with Gasteiger partial charge in [0.25, 0.3) is 5.91 Å². The van der Waals surface area contributed by atoms with Crippen LogP contribution in [0.3, 0.4) is 0 Å². The summed E-state index contributed by atoms with van der Waals surface area (Å²) in [4.78, 5) is 27.7. The van der Waals surface area contributed by atoms with E-state index in [0.29, 0.717) is 18.7 Å². The number of anilines is 1. The Morgan fingerprint density at radius 1 is 1.31 bits per heavy atom. The standard InChI is InChI=1S/C20H22N2O3S/c1-25-16-7-4-6-15(10-16)22-11-14(9-18(22)23)21-20(24)19-17-8-3-2-5-13(17)12-26-19/h4,6-7,10,12,14H,2-3,5,8-9,11H2,1H3,(H,21,24). The SMILES string of the molecule is COc1cccc(N2CC(NC(=O)c3scc4c3CCCC4)CC2=O)c1. The molecule has 2 aromatic rings. The van der Waals surface area contributed by atoms with Crippen LogP contribution in [0, 0.1) is 0 Å². The van der Waals surface area contributed by atoms with E-state index in [9.17, 15) is 9.59 Å². The van der Waals surface area contributed by atoms with Crippen molar-refractivity contribution in [3.63, 3.8) is 0 Å². The minimum Gasteiger partial charge on any atom is -0.497 e. The van der Waals surface area contributed by atoms with Crippen LogP contribution >= 0.6 is 11.3 Å². The smallest absolute Gasteiger partial charge is 0.261 e. The first-order chi connectivity index (χ1) is 12.7. The topological polar surface area (TPSA) is 58.6 Å². The lowest BCUT2D eigenvalue weighted by atomic mass is 9.94. The molecule has 1 fully saturated rings. The largest absolute Gasteiger partial charge is 0.497 e. The van der Waals surface area contributed by atoms with Crippen LogP contribution in [0.1, 0.15) is 40.1 Å². The molecule has 1 aliphatic heterocycles. The van der Waals surface area contributed by atoms with Crippen LogP contribution in [0.5, 0.6) is 5.75 Å². The van der Waals surface area contributed by atoms with Crippen LogP contribution in [0.2, 0.25) is 0 Å². The summed E-state index contributed by atoms with van der Waals surface area (Å²) in [6.45, 7) is 0.491. The van der Waals surface area contributed by atoms with Crippen molar-refractivity contribution in [2.45, 2.75) is 38.1 Å². The highest BCUT2D eigenvalue weighted by atomic mass is 32.1. The summed E-state index contributed by atoms with van der Waals surface area (Å²) in [7, 11) is 1.61. The average Bonchev–Trinajstić information content (AvgIpc) is 3.25. The van der Waals surface area contributed by atoms with E-state index < -0.39 is 0 Å². The number of hydrogen-bond donors (Lipinski definition) is 1. The third-order valence-corrected chi connectivity index (χ3v) is 6.20. The fourth-order valence-electron chi connectivity index (χ4n) is 3.79. The van der Waals surface area contributed by atoms with Crippen LogP contribution in [-0.2, 0) is 17.6 Å². The predicted octanol–water partition coefficient (Wildman–Crippen LogP) is 3.17. The summed E-state index contributed by atoms with van der Waals surface area (Å²) >= 11 is 1.53. The molecule has 0 radical (unpaired) electrons. The Hall–Kier alpha value is -2.34. The number of fused-ring (bicyclic) bond motifs is 1. The van der Waals surface area contributed by atoms with E-state index in [1.807, 2.05) is 24.3 Å². The zero-order valence-electron chi connectivity index (χ0n) is 14.8. The van der Waals surface area contributed by atoms with E-state index in [1.54, 1.807) is 12.0 Å². The van der Waals surface area contributed by atoms with Gasteiger partial charge in [0.15, 0.2) is 0 Å². The van der Waals surface area contributed by atoms with E-state index in [0.717, 1.165) is 29.8 Å². The van der Waals surface area contributed by atoms with E-state index in [4.69, 9.17) is 4.74 Å². The maximum atomic E-state index is 12.7. The Kier molecular flexibility index (Phi) is 4.68. The van der Waals surface area contributed by atoms with Gasteiger partial charge in [-0.2, -0.15) is 0 Å².